The predicted octanol–water partition coefficient (Wildman–Crippen LogP) is 2.46. The van der Waals surface area contributed by atoms with Crippen LogP contribution in [0.4, 0.5) is 0 Å². The molecule has 0 aliphatic rings. The van der Waals surface area contributed by atoms with Gasteiger partial charge in [-0.3, -0.25) is 4.79 Å². The Hall–Kier alpha value is -2.04. The molecule has 1 unspecified atom stereocenters. The Morgan fingerprint density at radius 3 is 2.29 bits per heavy atom. The maximum Gasteiger partial charge on any atom is 0.326 e. The lowest BCUT2D eigenvalue weighted by Crippen LogP contribution is -2.52. The molecule has 0 saturated heterocycles. The Morgan fingerprint density at radius 2 is 1.81 bits per heavy atom. The van der Waals surface area contributed by atoms with E-state index in [2.05, 4.69) is 5.32 Å². The monoisotopic (exact) mass is 293 g/mol. The van der Waals surface area contributed by atoms with Gasteiger partial charge in [0.15, 0.2) is 5.60 Å². The molecular weight excluding hydrogens is 270 g/mol. The van der Waals surface area contributed by atoms with Crippen LogP contribution in [0.5, 0.6) is 5.75 Å². The zero-order chi connectivity index (χ0) is 16.0. The van der Waals surface area contributed by atoms with Gasteiger partial charge in [-0.25, -0.2) is 4.79 Å². The largest absolute Gasteiger partial charge is 0.480 e. The lowest BCUT2D eigenvalue weighted by Gasteiger charge is -2.27. The summed E-state index contributed by atoms with van der Waals surface area (Å²) in [7, 11) is 0. The van der Waals surface area contributed by atoms with Crippen molar-refractivity contribution in [3.8, 4) is 5.75 Å². The zero-order valence-corrected chi connectivity index (χ0v) is 12.9. The van der Waals surface area contributed by atoms with Crippen LogP contribution in [0, 0.1) is 5.92 Å². The number of carbonyl (C=O) groups excluding carboxylic acids is 1. The van der Waals surface area contributed by atoms with Gasteiger partial charge in [0.25, 0.3) is 5.91 Å². The van der Waals surface area contributed by atoms with Crippen LogP contribution in [0.1, 0.15) is 34.1 Å². The van der Waals surface area contributed by atoms with Gasteiger partial charge in [-0.05, 0) is 38.3 Å². The Kier molecular flexibility index (Phi) is 5.76. The summed E-state index contributed by atoms with van der Waals surface area (Å²) in [6.45, 7) is 7.05. The number of rotatable bonds is 7. The summed E-state index contributed by atoms with van der Waals surface area (Å²) in [6.07, 6.45) is 0.377. The molecule has 0 spiro atoms. The van der Waals surface area contributed by atoms with E-state index in [-0.39, 0.29) is 5.92 Å². The normalized spacial score (nSPS) is 12.8. The number of carbonyl (C=O) groups is 2. The average Bonchev–Trinajstić information content (AvgIpc) is 2.37. The van der Waals surface area contributed by atoms with Crippen LogP contribution in [0.25, 0.3) is 0 Å². The van der Waals surface area contributed by atoms with Gasteiger partial charge in [-0.2, -0.15) is 0 Å². The van der Waals surface area contributed by atoms with Gasteiger partial charge < -0.3 is 15.2 Å². The van der Waals surface area contributed by atoms with E-state index in [0.29, 0.717) is 12.2 Å². The highest BCUT2D eigenvalue weighted by atomic mass is 16.5. The van der Waals surface area contributed by atoms with E-state index in [1.54, 1.807) is 26.0 Å². The molecular formula is C16H23NO4. The topological polar surface area (TPSA) is 75.6 Å². The smallest absolute Gasteiger partial charge is 0.326 e. The van der Waals surface area contributed by atoms with Crippen molar-refractivity contribution in [2.45, 2.75) is 45.8 Å². The van der Waals surface area contributed by atoms with E-state index in [9.17, 15) is 14.7 Å². The molecule has 5 nitrogen and oxygen atoms in total. The summed E-state index contributed by atoms with van der Waals surface area (Å²) in [5, 5.41) is 11.7. The van der Waals surface area contributed by atoms with Crippen LogP contribution >= 0.6 is 0 Å². The molecule has 0 saturated carbocycles. The third-order valence-electron chi connectivity index (χ3n) is 2.97. The minimum atomic E-state index is -1.15. The maximum absolute atomic E-state index is 12.3. The molecule has 0 bridgehead atoms. The van der Waals surface area contributed by atoms with E-state index in [1.165, 1.54) is 0 Å². The molecule has 21 heavy (non-hydrogen) atoms. The van der Waals surface area contributed by atoms with E-state index >= 15 is 0 Å². The van der Waals surface area contributed by atoms with Crippen LogP contribution in [-0.4, -0.2) is 28.6 Å². The van der Waals surface area contributed by atoms with Crippen molar-refractivity contribution < 1.29 is 19.4 Å². The van der Waals surface area contributed by atoms with Crippen molar-refractivity contribution in [3.63, 3.8) is 0 Å². The number of ether oxygens (including phenoxy) is 1. The molecule has 1 rings (SSSR count). The second-order valence-electron chi connectivity index (χ2n) is 5.92. The average molecular weight is 293 g/mol. The maximum atomic E-state index is 12.3. The van der Waals surface area contributed by atoms with Gasteiger partial charge in [0.05, 0.1) is 0 Å². The molecule has 1 aromatic rings. The minimum Gasteiger partial charge on any atom is -0.480 e. The first-order valence-electron chi connectivity index (χ1n) is 7.00. The van der Waals surface area contributed by atoms with E-state index < -0.39 is 23.5 Å². The fourth-order valence-electron chi connectivity index (χ4n) is 1.85. The highest BCUT2D eigenvalue weighted by molar-refractivity contribution is 5.89. The van der Waals surface area contributed by atoms with Crippen molar-refractivity contribution in [1.82, 2.24) is 5.32 Å². The molecule has 0 aromatic heterocycles. The number of hydrogen-bond acceptors (Lipinski definition) is 3. The molecule has 0 aliphatic carbocycles. The van der Waals surface area contributed by atoms with Crippen molar-refractivity contribution in [2.24, 2.45) is 5.92 Å². The predicted molar refractivity (Wildman–Crippen MR) is 80.2 cm³/mol. The van der Waals surface area contributed by atoms with Gasteiger partial charge >= 0.3 is 5.97 Å². The highest BCUT2D eigenvalue weighted by Gasteiger charge is 2.33. The van der Waals surface area contributed by atoms with E-state index in [1.807, 2.05) is 32.0 Å². The Balaban J connectivity index is 2.73. The molecule has 0 fully saturated rings. The Labute approximate surface area is 125 Å². The number of benzene rings is 1. The van der Waals surface area contributed by atoms with Crippen LogP contribution in [0.3, 0.4) is 0 Å². The van der Waals surface area contributed by atoms with E-state index in [4.69, 9.17) is 4.74 Å². The molecule has 1 atom stereocenters. The number of carboxylic acid groups (broad SMARTS) is 1. The van der Waals surface area contributed by atoms with Crippen molar-refractivity contribution in [1.29, 1.82) is 0 Å². The lowest BCUT2D eigenvalue weighted by molar-refractivity contribution is -0.145. The van der Waals surface area contributed by atoms with Gasteiger partial charge in [0.1, 0.15) is 11.8 Å². The van der Waals surface area contributed by atoms with Gasteiger partial charge in [-0.15, -0.1) is 0 Å². The molecule has 5 heteroatoms. The molecule has 1 amide bonds. The summed E-state index contributed by atoms with van der Waals surface area (Å²) in [4.78, 5) is 23.5. The molecule has 1 aromatic carbocycles. The first kappa shape index (κ1) is 17.0. The second kappa shape index (κ2) is 7.11. The summed E-state index contributed by atoms with van der Waals surface area (Å²) in [6, 6.07) is 8.05. The molecule has 0 radical (unpaired) electrons. The quantitative estimate of drug-likeness (QED) is 0.809. The minimum absolute atomic E-state index is 0.171. The molecule has 2 N–H and O–H groups in total. The van der Waals surface area contributed by atoms with E-state index in [0.717, 1.165) is 0 Å². The standard InChI is InChI=1S/C16H23NO4/c1-11(2)10-13(14(18)19)17-15(20)16(3,4)21-12-8-6-5-7-9-12/h5-9,11,13H,10H2,1-4H3,(H,17,20)(H,18,19). The van der Waals surface area contributed by atoms with Crippen LogP contribution in [-0.2, 0) is 9.59 Å². The Morgan fingerprint density at radius 1 is 1.24 bits per heavy atom. The van der Waals surface area contributed by atoms with Crippen LogP contribution in [0.2, 0.25) is 0 Å². The third-order valence-corrected chi connectivity index (χ3v) is 2.97. The number of carboxylic acids is 1. The summed E-state index contributed by atoms with van der Waals surface area (Å²) >= 11 is 0. The number of aliphatic carboxylic acids is 1. The third kappa shape index (κ3) is 5.45. The zero-order valence-electron chi connectivity index (χ0n) is 12.9. The van der Waals surface area contributed by atoms with Gasteiger partial charge in [0, 0.05) is 0 Å². The SMILES string of the molecule is CC(C)CC(NC(=O)C(C)(C)Oc1ccccc1)C(=O)O. The van der Waals surface area contributed by atoms with Crippen molar-refractivity contribution in [3.05, 3.63) is 30.3 Å². The van der Waals surface area contributed by atoms with Crippen molar-refractivity contribution in [2.75, 3.05) is 0 Å². The summed E-state index contributed by atoms with van der Waals surface area (Å²) in [5.41, 5.74) is -1.15. The summed E-state index contributed by atoms with van der Waals surface area (Å²) < 4.78 is 5.64. The number of hydrogen-bond donors (Lipinski definition) is 2. The van der Waals surface area contributed by atoms with Gasteiger partial charge in [0.2, 0.25) is 0 Å². The van der Waals surface area contributed by atoms with Crippen LogP contribution < -0.4 is 10.1 Å². The number of para-hydroxylation sites is 1. The molecule has 0 aliphatic heterocycles. The fourth-order valence-corrected chi connectivity index (χ4v) is 1.85. The van der Waals surface area contributed by atoms with Gasteiger partial charge in [-0.1, -0.05) is 32.0 Å². The lowest BCUT2D eigenvalue weighted by atomic mass is 10.0. The number of amides is 1. The second-order valence-corrected chi connectivity index (χ2v) is 5.92. The Bertz CT molecular complexity index is 482. The first-order valence-corrected chi connectivity index (χ1v) is 7.00. The van der Waals surface area contributed by atoms with Crippen LogP contribution in [0.15, 0.2) is 30.3 Å². The number of nitrogens with one attached hydrogen (secondary N) is 1. The molecule has 116 valence electrons. The fraction of sp³-hybridized carbons (Fsp3) is 0.500. The highest BCUT2D eigenvalue weighted by Crippen LogP contribution is 2.18. The molecule has 0 heterocycles. The first-order chi connectivity index (χ1) is 9.72. The van der Waals surface area contributed by atoms with Crippen molar-refractivity contribution >= 4 is 11.9 Å². The summed E-state index contributed by atoms with van der Waals surface area (Å²) in [5.74, 6) is -0.745.